The van der Waals surface area contributed by atoms with E-state index in [0.717, 1.165) is 30.3 Å². The molecule has 0 atom stereocenters. The number of nitrogens with zero attached hydrogens (tertiary/aromatic N) is 2. The van der Waals surface area contributed by atoms with Crippen molar-refractivity contribution in [3.63, 3.8) is 0 Å². The predicted octanol–water partition coefficient (Wildman–Crippen LogP) is 2.90. The largest absolute Gasteiger partial charge is 0.369 e. The molecule has 0 bridgehead atoms. The Morgan fingerprint density at radius 3 is 2.87 bits per heavy atom. The van der Waals surface area contributed by atoms with Gasteiger partial charge in [0.2, 0.25) is 0 Å². The highest BCUT2D eigenvalue weighted by Crippen LogP contribution is 2.27. The van der Waals surface area contributed by atoms with Crippen LogP contribution in [-0.2, 0) is 6.42 Å². The fourth-order valence-electron chi connectivity index (χ4n) is 1.79. The van der Waals surface area contributed by atoms with Crippen LogP contribution in [-0.4, -0.2) is 16.5 Å². The predicted molar refractivity (Wildman–Crippen MR) is 62.3 cm³/mol. The van der Waals surface area contributed by atoms with Gasteiger partial charge < -0.3 is 5.32 Å². The third kappa shape index (κ3) is 2.40. The summed E-state index contributed by atoms with van der Waals surface area (Å²) in [4.78, 5) is 8.22. The van der Waals surface area contributed by atoms with Crippen molar-refractivity contribution in [2.75, 3.05) is 11.9 Å². The van der Waals surface area contributed by atoms with Crippen LogP contribution in [0.25, 0.3) is 0 Å². The maximum absolute atomic E-state index is 6.00. The summed E-state index contributed by atoms with van der Waals surface area (Å²) in [6.07, 6.45) is 6.44. The summed E-state index contributed by atoms with van der Waals surface area (Å²) in [7, 11) is 0. The van der Waals surface area contributed by atoms with Crippen molar-refractivity contribution in [3.05, 3.63) is 17.0 Å². The van der Waals surface area contributed by atoms with Gasteiger partial charge in [-0.05, 0) is 25.2 Å². The molecule has 1 aromatic rings. The summed E-state index contributed by atoms with van der Waals surface area (Å²) < 4.78 is 0. The van der Waals surface area contributed by atoms with Gasteiger partial charge in [-0.2, -0.15) is 0 Å². The normalized spacial score (nSPS) is 16.1. The molecule has 1 saturated carbocycles. The Balaban J connectivity index is 2.02. The molecule has 1 fully saturated rings. The molecule has 0 unspecified atom stereocenters. The van der Waals surface area contributed by atoms with Crippen LogP contribution in [0.2, 0.25) is 5.15 Å². The molecule has 0 radical (unpaired) electrons. The molecule has 0 spiro atoms. The number of aromatic nitrogens is 2. The fraction of sp³-hybridized carbons (Fsp3) is 0.636. The van der Waals surface area contributed by atoms with Crippen molar-refractivity contribution in [1.29, 1.82) is 0 Å². The number of rotatable bonds is 4. The van der Waals surface area contributed by atoms with Gasteiger partial charge in [0.15, 0.2) is 0 Å². The quantitative estimate of drug-likeness (QED) is 0.801. The average molecular weight is 226 g/mol. The van der Waals surface area contributed by atoms with E-state index in [1.165, 1.54) is 25.6 Å². The topological polar surface area (TPSA) is 37.8 Å². The second-order valence-electron chi connectivity index (χ2n) is 4.02. The van der Waals surface area contributed by atoms with E-state index in [9.17, 15) is 0 Å². The zero-order valence-corrected chi connectivity index (χ0v) is 9.72. The molecular weight excluding hydrogens is 210 g/mol. The standard InChI is InChI=1S/C11H16ClN3/c1-2-9-10(12)14-7-15-11(9)13-6-8-4-3-5-8/h7-8H,2-6H2,1H3,(H,13,14,15). The Morgan fingerprint density at radius 1 is 1.47 bits per heavy atom. The molecule has 1 aliphatic rings. The number of hydrogen-bond acceptors (Lipinski definition) is 3. The molecule has 15 heavy (non-hydrogen) atoms. The molecule has 3 nitrogen and oxygen atoms in total. The van der Waals surface area contributed by atoms with E-state index < -0.39 is 0 Å². The summed E-state index contributed by atoms with van der Waals surface area (Å²) in [5.74, 6) is 1.73. The van der Waals surface area contributed by atoms with E-state index in [4.69, 9.17) is 11.6 Å². The van der Waals surface area contributed by atoms with Crippen molar-refractivity contribution in [2.24, 2.45) is 5.92 Å². The van der Waals surface area contributed by atoms with Crippen LogP contribution in [0.15, 0.2) is 6.33 Å². The van der Waals surface area contributed by atoms with Crippen LogP contribution in [0.1, 0.15) is 31.7 Å². The van der Waals surface area contributed by atoms with E-state index in [0.29, 0.717) is 5.15 Å². The summed E-state index contributed by atoms with van der Waals surface area (Å²) in [5, 5.41) is 3.94. The maximum atomic E-state index is 6.00. The van der Waals surface area contributed by atoms with Gasteiger partial charge in [0, 0.05) is 12.1 Å². The monoisotopic (exact) mass is 225 g/mol. The van der Waals surface area contributed by atoms with E-state index in [1.54, 1.807) is 0 Å². The highest BCUT2D eigenvalue weighted by molar-refractivity contribution is 6.30. The van der Waals surface area contributed by atoms with Crippen LogP contribution >= 0.6 is 11.6 Å². The smallest absolute Gasteiger partial charge is 0.137 e. The summed E-state index contributed by atoms with van der Waals surface area (Å²) >= 11 is 6.00. The van der Waals surface area contributed by atoms with E-state index in [1.807, 2.05) is 0 Å². The van der Waals surface area contributed by atoms with Crippen LogP contribution in [0.3, 0.4) is 0 Å². The van der Waals surface area contributed by atoms with Crippen LogP contribution in [0, 0.1) is 5.92 Å². The first-order valence-corrected chi connectivity index (χ1v) is 5.92. The summed E-state index contributed by atoms with van der Waals surface area (Å²) in [6, 6.07) is 0. The number of anilines is 1. The molecule has 4 heteroatoms. The van der Waals surface area contributed by atoms with Crippen molar-refractivity contribution in [3.8, 4) is 0 Å². The van der Waals surface area contributed by atoms with Gasteiger partial charge in [0.25, 0.3) is 0 Å². The van der Waals surface area contributed by atoms with Gasteiger partial charge in [0.1, 0.15) is 17.3 Å². The van der Waals surface area contributed by atoms with Crippen LogP contribution in [0.4, 0.5) is 5.82 Å². The molecule has 0 amide bonds. The van der Waals surface area contributed by atoms with E-state index in [-0.39, 0.29) is 0 Å². The van der Waals surface area contributed by atoms with Gasteiger partial charge in [-0.3, -0.25) is 0 Å². The minimum Gasteiger partial charge on any atom is -0.369 e. The third-order valence-electron chi connectivity index (χ3n) is 3.03. The number of hydrogen-bond donors (Lipinski definition) is 1. The minimum atomic E-state index is 0.573. The van der Waals surface area contributed by atoms with Crippen molar-refractivity contribution in [1.82, 2.24) is 9.97 Å². The lowest BCUT2D eigenvalue weighted by Crippen LogP contribution is -2.22. The fourth-order valence-corrected chi connectivity index (χ4v) is 2.06. The highest BCUT2D eigenvalue weighted by Gasteiger charge is 2.17. The Hall–Kier alpha value is -0.830. The zero-order chi connectivity index (χ0) is 10.7. The Morgan fingerprint density at radius 2 is 2.27 bits per heavy atom. The molecular formula is C11H16ClN3. The lowest BCUT2D eigenvalue weighted by molar-refractivity contribution is 0.333. The second-order valence-corrected chi connectivity index (χ2v) is 4.38. The summed E-state index contributed by atoms with van der Waals surface area (Å²) in [5.41, 5.74) is 1.03. The SMILES string of the molecule is CCc1c(Cl)ncnc1NCC1CCC1. The Bertz CT molecular complexity index is 337. The molecule has 0 aliphatic heterocycles. The molecule has 0 aromatic carbocycles. The molecule has 0 saturated heterocycles. The lowest BCUT2D eigenvalue weighted by atomic mass is 9.85. The van der Waals surface area contributed by atoms with Crippen molar-refractivity contribution >= 4 is 17.4 Å². The first-order valence-electron chi connectivity index (χ1n) is 5.54. The number of nitrogens with one attached hydrogen (secondary N) is 1. The minimum absolute atomic E-state index is 0.573. The highest BCUT2D eigenvalue weighted by atomic mass is 35.5. The van der Waals surface area contributed by atoms with Gasteiger partial charge >= 0.3 is 0 Å². The molecule has 1 aliphatic carbocycles. The molecule has 1 aromatic heterocycles. The number of halogens is 1. The maximum Gasteiger partial charge on any atom is 0.137 e. The summed E-state index contributed by atoms with van der Waals surface area (Å²) in [6.45, 7) is 3.08. The Labute approximate surface area is 95.3 Å². The van der Waals surface area contributed by atoms with Crippen molar-refractivity contribution in [2.45, 2.75) is 32.6 Å². The molecule has 1 N–H and O–H groups in total. The van der Waals surface area contributed by atoms with E-state index in [2.05, 4.69) is 22.2 Å². The molecule has 1 heterocycles. The lowest BCUT2D eigenvalue weighted by Gasteiger charge is -2.26. The zero-order valence-electron chi connectivity index (χ0n) is 8.96. The second kappa shape index (κ2) is 4.79. The first-order chi connectivity index (χ1) is 7.31. The van der Waals surface area contributed by atoms with Gasteiger partial charge in [-0.25, -0.2) is 9.97 Å². The van der Waals surface area contributed by atoms with Crippen molar-refractivity contribution < 1.29 is 0 Å². The Kier molecular flexibility index (Phi) is 3.41. The van der Waals surface area contributed by atoms with Crippen LogP contribution < -0.4 is 5.32 Å². The van der Waals surface area contributed by atoms with Crippen LogP contribution in [0.5, 0.6) is 0 Å². The van der Waals surface area contributed by atoms with Gasteiger partial charge in [0.05, 0.1) is 0 Å². The van der Waals surface area contributed by atoms with Gasteiger partial charge in [-0.15, -0.1) is 0 Å². The van der Waals surface area contributed by atoms with E-state index >= 15 is 0 Å². The average Bonchev–Trinajstić information content (AvgIpc) is 2.15. The van der Waals surface area contributed by atoms with Gasteiger partial charge in [-0.1, -0.05) is 24.9 Å². The first kappa shape index (κ1) is 10.7. The third-order valence-corrected chi connectivity index (χ3v) is 3.35. The molecule has 82 valence electrons. The molecule has 2 rings (SSSR count).